The van der Waals surface area contributed by atoms with Crippen LogP contribution >= 0.6 is 0 Å². The van der Waals surface area contributed by atoms with Crippen LogP contribution < -0.4 is 4.74 Å². The molecule has 0 saturated heterocycles. The van der Waals surface area contributed by atoms with Gasteiger partial charge in [0.25, 0.3) is 0 Å². The first kappa shape index (κ1) is 15.6. The number of carbonyl (C=O) groups is 2. The number of para-hydroxylation sites is 2. The van der Waals surface area contributed by atoms with Crippen molar-refractivity contribution in [1.82, 2.24) is 0 Å². The van der Waals surface area contributed by atoms with Gasteiger partial charge in [-0.1, -0.05) is 30.3 Å². The van der Waals surface area contributed by atoms with Crippen LogP contribution in [-0.4, -0.2) is 24.2 Å². The molecule has 0 bridgehead atoms. The van der Waals surface area contributed by atoms with Crippen molar-refractivity contribution in [2.45, 2.75) is 12.8 Å². The third-order valence-corrected chi connectivity index (χ3v) is 3.09. The van der Waals surface area contributed by atoms with Gasteiger partial charge in [0.15, 0.2) is 0 Å². The van der Waals surface area contributed by atoms with Crippen LogP contribution in [0.3, 0.4) is 0 Å². The fourth-order valence-electron chi connectivity index (χ4n) is 2.00. The number of carbonyl (C=O) groups excluding carboxylic acids is 1. The van der Waals surface area contributed by atoms with E-state index in [0.717, 1.165) is 5.56 Å². The highest BCUT2D eigenvalue weighted by Crippen LogP contribution is 2.29. The average molecular weight is 300 g/mol. The molecule has 0 unspecified atom stereocenters. The molecule has 0 spiro atoms. The van der Waals surface area contributed by atoms with Gasteiger partial charge in [0.05, 0.1) is 7.11 Å². The van der Waals surface area contributed by atoms with E-state index in [1.165, 1.54) is 7.11 Å². The minimum atomic E-state index is -0.871. The molecule has 0 aromatic heterocycles. The highest BCUT2D eigenvalue weighted by molar-refractivity contribution is 5.92. The van der Waals surface area contributed by atoms with E-state index in [4.69, 9.17) is 14.6 Å². The summed E-state index contributed by atoms with van der Waals surface area (Å²) in [6.07, 6.45) is 0.366. The van der Waals surface area contributed by atoms with Crippen LogP contribution in [0.2, 0.25) is 0 Å². The molecule has 2 aromatic rings. The molecule has 2 aromatic carbocycles. The standard InChI is InChI=1S/C17H16O5/c1-21-17(20)13-7-3-5-9-15(13)22-14-8-4-2-6-12(14)10-11-16(18)19/h2-9H,10-11H2,1H3,(H,18,19). The van der Waals surface area contributed by atoms with Gasteiger partial charge in [-0.15, -0.1) is 0 Å². The lowest BCUT2D eigenvalue weighted by Crippen LogP contribution is -2.04. The lowest BCUT2D eigenvalue weighted by molar-refractivity contribution is -0.136. The molecular weight excluding hydrogens is 284 g/mol. The molecule has 0 heterocycles. The van der Waals surface area contributed by atoms with Crippen molar-refractivity contribution in [3.05, 3.63) is 59.7 Å². The predicted molar refractivity (Wildman–Crippen MR) is 80.3 cm³/mol. The number of ether oxygens (including phenoxy) is 2. The summed E-state index contributed by atoms with van der Waals surface area (Å²) >= 11 is 0. The highest BCUT2D eigenvalue weighted by Gasteiger charge is 2.14. The zero-order chi connectivity index (χ0) is 15.9. The molecule has 0 atom stereocenters. The summed E-state index contributed by atoms with van der Waals surface area (Å²) in [5, 5.41) is 8.80. The van der Waals surface area contributed by atoms with E-state index in [1.54, 1.807) is 42.5 Å². The average Bonchev–Trinajstić information content (AvgIpc) is 2.53. The Balaban J connectivity index is 2.28. The maximum atomic E-state index is 11.7. The first-order valence-electron chi connectivity index (χ1n) is 6.76. The third kappa shape index (κ3) is 3.85. The monoisotopic (exact) mass is 300 g/mol. The molecule has 0 aliphatic carbocycles. The number of carboxylic acid groups (broad SMARTS) is 1. The molecular formula is C17H16O5. The highest BCUT2D eigenvalue weighted by atomic mass is 16.5. The van der Waals surface area contributed by atoms with Crippen molar-refractivity contribution in [3.8, 4) is 11.5 Å². The number of esters is 1. The lowest BCUT2D eigenvalue weighted by Gasteiger charge is -2.13. The van der Waals surface area contributed by atoms with Gasteiger partial charge in [0, 0.05) is 6.42 Å². The second-order valence-electron chi connectivity index (χ2n) is 4.59. The number of rotatable bonds is 6. The summed E-state index contributed by atoms with van der Waals surface area (Å²) in [6.45, 7) is 0. The van der Waals surface area contributed by atoms with Gasteiger partial charge < -0.3 is 14.6 Å². The molecule has 22 heavy (non-hydrogen) atoms. The van der Waals surface area contributed by atoms with Crippen LogP contribution in [-0.2, 0) is 16.0 Å². The number of methoxy groups -OCH3 is 1. The largest absolute Gasteiger partial charge is 0.481 e. The van der Waals surface area contributed by atoms with Gasteiger partial charge in [-0.2, -0.15) is 0 Å². The van der Waals surface area contributed by atoms with E-state index in [-0.39, 0.29) is 6.42 Å². The van der Waals surface area contributed by atoms with Crippen molar-refractivity contribution in [2.75, 3.05) is 7.11 Å². The van der Waals surface area contributed by atoms with Crippen molar-refractivity contribution >= 4 is 11.9 Å². The molecule has 0 amide bonds. The number of aliphatic carboxylic acids is 1. The Morgan fingerprint density at radius 1 is 1.00 bits per heavy atom. The summed E-state index contributed by atoms with van der Waals surface area (Å²) in [5.74, 6) is -0.458. The fraction of sp³-hybridized carbons (Fsp3) is 0.176. The molecule has 0 aliphatic rings. The normalized spacial score (nSPS) is 10.0. The van der Waals surface area contributed by atoms with Gasteiger partial charge in [-0.3, -0.25) is 4.79 Å². The minimum Gasteiger partial charge on any atom is -0.481 e. The van der Waals surface area contributed by atoms with Crippen molar-refractivity contribution in [2.24, 2.45) is 0 Å². The molecule has 0 saturated carbocycles. The number of aryl methyl sites for hydroxylation is 1. The van der Waals surface area contributed by atoms with Gasteiger partial charge in [-0.05, 0) is 30.2 Å². The number of carboxylic acids is 1. The quantitative estimate of drug-likeness (QED) is 0.829. The predicted octanol–water partition coefficient (Wildman–Crippen LogP) is 3.28. The Morgan fingerprint density at radius 3 is 2.32 bits per heavy atom. The Morgan fingerprint density at radius 2 is 1.64 bits per heavy atom. The number of hydrogen-bond donors (Lipinski definition) is 1. The lowest BCUT2D eigenvalue weighted by atomic mass is 10.1. The zero-order valence-corrected chi connectivity index (χ0v) is 12.1. The Hall–Kier alpha value is -2.82. The molecule has 5 heteroatoms. The van der Waals surface area contributed by atoms with Gasteiger partial charge in [-0.25, -0.2) is 4.79 Å². The molecule has 5 nitrogen and oxygen atoms in total. The summed E-state index contributed by atoms with van der Waals surface area (Å²) < 4.78 is 10.5. The van der Waals surface area contributed by atoms with Gasteiger partial charge in [0.1, 0.15) is 17.1 Å². The third-order valence-electron chi connectivity index (χ3n) is 3.09. The Labute approximate surface area is 128 Å². The van der Waals surface area contributed by atoms with Crippen molar-refractivity contribution in [1.29, 1.82) is 0 Å². The molecule has 0 aliphatic heterocycles. The van der Waals surface area contributed by atoms with Crippen molar-refractivity contribution in [3.63, 3.8) is 0 Å². The van der Waals surface area contributed by atoms with E-state index >= 15 is 0 Å². The summed E-state index contributed by atoms with van der Waals surface area (Å²) in [4.78, 5) is 22.5. The molecule has 2 rings (SSSR count). The van der Waals surface area contributed by atoms with E-state index < -0.39 is 11.9 Å². The van der Waals surface area contributed by atoms with Gasteiger partial charge >= 0.3 is 11.9 Å². The van der Waals surface area contributed by atoms with Crippen LogP contribution in [0.1, 0.15) is 22.3 Å². The maximum absolute atomic E-state index is 11.7. The van der Waals surface area contributed by atoms with E-state index in [2.05, 4.69) is 0 Å². The second-order valence-corrected chi connectivity index (χ2v) is 4.59. The number of hydrogen-bond acceptors (Lipinski definition) is 4. The summed E-state index contributed by atoms with van der Waals surface area (Å²) in [7, 11) is 1.31. The van der Waals surface area contributed by atoms with Crippen molar-refractivity contribution < 1.29 is 24.2 Å². The molecule has 114 valence electrons. The first-order valence-corrected chi connectivity index (χ1v) is 6.76. The molecule has 0 radical (unpaired) electrons. The van der Waals surface area contributed by atoms with E-state index in [1.807, 2.05) is 6.07 Å². The molecule has 1 N–H and O–H groups in total. The topological polar surface area (TPSA) is 72.8 Å². The smallest absolute Gasteiger partial charge is 0.341 e. The van der Waals surface area contributed by atoms with Crippen LogP contribution in [0.25, 0.3) is 0 Å². The van der Waals surface area contributed by atoms with Crippen LogP contribution in [0.5, 0.6) is 11.5 Å². The molecule has 0 fully saturated rings. The van der Waals surface area contributed by atoms with Crippen LogP contribution in [0.15, 0.2) is 48.5 Å². The van der Waals surface area contributed by atoms with Crippen LogP contribution in [0, 0.1) is 0 Å². The first-order chi connectivity index (χ1) is 10.6. The minimum absolute atomic E-state index is 0.0129. The van der Waals surface area contributed by atoms with Crippen LogP contribution in [0.4, 0.5) is 0 Å². The van der Waals surface area contributed by atoms with E-state index in [9.17, 15) is 9.59 Å². The SMILES string of the molecule is COC(=O)c1ccccc1Oc1ccccc1CCC(=O)O. The zero-order valence-electron chi connectivity index (χ0n) is 12.1. The Kier molecular flexibility index (Phi) is 5.14. The van der Waals surface area contributed by atoms with E-state index in [0.29, 0.717) is 23.5 Å². The summed E-state index contributed by atoms with van der Waals surface area (Å²) in [5.41, 5.74) is 1.09. The Bertz CT molecular complexity index is 678. The number of benzene rings is 2. The van der Waals surface area contributed by atoms with Gasteiger partial charge in [0.2, 0.25) is 0 Å². The maximum Gasteiger partial charge on any atom is 0.341 e. The summed E-state index contributed by atoms with van der Waals surface area (Å²) in [6, 6.07) is 13.9. The second kappa shape index (κ2) is 7.26. The fourth-order valence-corrected chi connectivity index (χ4v) is 2.00.